The Bertz CT molecular complexity index is 1130. The minimum Gasteiger partial charge on any atom is -0.456 e. The van der Waals surface area contributed by atoms with Crippen LogP contribution < -0.4 is 16.3 Å². The van der Waals surface area contributed by atoms with E-state index in [-0.39, 0.29) is 31.9 Å². The highest BCUT2D eigenvalue weighted by molar-refractivity contribution is 5.92. The monoisotopic (exact) mass is 522 g/mol. The van der Waals surface area contributed by atoms with Crippen LogP contribution in [0.25, 0.3) is 0 Å². The van der Waals surface area contributed by atoms with E-state index in [1.807, 2.05) is 0 Å². The summed E-state index contributed by atoms with van der Waals surface area (Å²) in [6, 6.07) is 9.83. The number of aliphatic hydroxyl groups is 1. The summed E-state index contributed by atoms with van der Waals surface area (Å²) in [7, 11) is 1.43. The van der Waals surface area contributed by atoms with Crippen molar-refractivity contribution in [3.8, 4) is 0 Å². The summed E-state index contributed by atoms with van der Waals surface area (Å²) in [4.78, 5) is 52.1. The molecule has 2 amide bonds. The summed E-state index contributed by atoms with van der Waals surface area (Å²) in [6.45, 7) is -0.532. The second kappa shape index (κ2) is 13.4. The number of aromatic nitrogens is 2. The standard InChI is InChI=1S/C23H27FN4O9/c1-34-11-12-35-23(33)27-16-9-10-28(22(32)26-16)21-19(24)20(15(13-29)36-21)37-18(31)8-7-17(30)25-14-5-3-2-4-6-14/h2-6,9-10,15,19-21,29H,7-8,11-13H2,1H3,(H,25,30)(H,26,27,32,33)/t15-,19?,20-,21-/m1/s1. The van der Waals surface area contributed by atoms with Crippen LogP contribution in [0.5, 0.6) is 0 Å². The zero-order valence-electron chi connectivity index (χ0n) is 19.9. The number of halogens is 1. The summed E-state index contributed by atoms with van der Waals surface area (Å²) >= 11 is 0. The van der Waals surface area contributed by atoms with E-state index < -0.39 is 54.9 Å². The Labute approximate surface area is 210 Å². The van der Waals surface area contributed by atoms with Gasteiger partial charge in [0.05, 0.1) is 19.6 Å². The van der Waals surface area contributed by atoms with Crippen LogP contribution in [0.15, 0.2) is 47.4 Å². The van der Waals surface area contributed by atoms with Crippen LogP contribution >= 0.6 is 0 Å². The third-order valence-corrected chi connectivity index (χ3v) is 5.18. The van der Waals surface area contributed by atoms with Gasteiger partial charge in [-0.25, -0.2) is 14.0 Å². The molecule has 0 radical (unpaired) electrons. The molecule has 14 heteroatoms. The van der Waals surface area contributed by atoms with Crippen LogP contribution in [0, 0.1) is 0 Å². The lowest BCUT2D eigenvalue weighted by atomic mass is 10.1. The normalized spacial score (nSPS) is 20.7. The number of methoxy groups -OCH3 is 1. The van der Waals surface area contributed by atoms with E-state index >= 15 is 4.39 Å². The zero-order chi connectivity index (χ0) is 26.8. The second-order valence-corrected chi connectivity index (χ2v) is 7.82. The highest BCUT2D eigenvalue weighted by atomic mass is 19.1. The highest BCUT2D eigenvalue weighted by Gasteiger charge is 2.48. The van der Waals surface area contributed by atoms with Crippen molar-refractivity contribution in [1.82, 2.24) is 9.55 Å². The molecule has 0 saturated carbocycles. The molecule has 1 fully saturated rings. The number of esters is 1. The largest absolute Gasteiger partial charge is 0.456 e. The summed E-state index contributed by atoms with van der Waals surface area (Å²) in [5.41, 5.74) is -0.413. The van der Waals surface area contributed by atoms with Gasteiger partial charge in [0.15, 0.2) is 18.5 Å². The van der Waals surface area contributed by atoms with Gasteiger partial charge in [0, 0.05) is 25.4 Å². The third-order valence-electron chi connectivity index (χ3n) is 5.18. The van der Waals surface area contributed by atoms with Gasteiger partial charge in [0.25, 0.3) is 0 Å². The summed E-state index contributed by atoms with van der Waals surface area (Å²) in [5.74, 6) is -1.46. The van der Waals surface area contributed by atoms with E-state index in [0.29, 0.717) is 5.69 Å². The second-order valence-electron chi connectivity index (χ2n) is 7.82. The minimum absolute atomic E-state index is 0.0147. The maximum atomic E-state index is 15.2. The Morgan fingerprint density at radius 3 is 2.57 bits per heavy atom. The lowest BCUT2D eigenvalue weighted by Crippen LogP contribution is -2.37. The van der Waals surface area contributed by atoms with Crippen molar-refractivity contribution in [2.75, 3.05) is 37.6 Å². The van der Waals surface area contributed by atoms with Crippen molar-refractivity contribution in [3.05, 3.63) is 53.1 Å². The molecule has 2 aromatic rings. The zero-order valence-corrected chi connectivity index (χ0v) is 19.9. The van der Waals surface area contributed by atoms with Crippen molar-refractivity contribution in [1.29, 1.82) is 0 Å². The predicted octanol–water partition coefficient (Wildman–Crippen LogP) is 0.997. The van der Waals surface area contributed by atoms with Crippen molar-refractivity contribution < 1.29 is 42.8 Å². The number of nitrogens with zero attached hydrogens (tertiary/aromatic N) is 2. The molecule has 37 heavy (non-hydrogen) atoms. The van der Waals surface area contributed by atoms with Gasteiger partial charge >= 0.3 is 17.8 Å². The number of aliphatic hydroxyl groups excluding tert-OH is 1. The number of amides is 2. The van der Waals surface area contributed by atoms with E-state index in [1.54, 1.807) is 30.3 Å². The average molecular weight is 522 g/mol. The van der Waals surface area contributed by atoms with Crippen LogP contribution in [-0.2, 0) is 28.5 Å². The maximum Gasteiger partial charge on any atom is 0.412 e. The first-order chi connectivity index (χ1) is 17.8. The Kier molecular flexibility index (Phi) is 10.1. The molecule has 13 nitrogen and oxygen atoms in total. The first-order valence-electron chi connectivity index (χ1n) is 11.3. The number of nitrogens with one attached hydrogen (secondary N) is 2. The van der Waals surface area contributed by atoms with E-state index in [2.05, 4.69) is 15.6 Å². The SMILES string of the molecule is COCCOC(=O)Nc1ccn([C@@H]2O[C@H](CO)[C@@H](OC(=O)CCC(=O)Nc3ccccc3)C2F)c(=O)n1. The molecule has 1 aromatic carbocycles. The van der Waals surface area contributed by atoms with Gasteiger partial charge in [0.2, 0.25) is 5.91 Å². The number of carbonyl (C=O) groups excluding carboxylic acids is 3. The molecule has 1 aromatic heterocycles. The number of rotatable bonds is 11. The number of para-hydroxylation sites is 1. The molecular formula is C23H27FN4O9. The fourth-order valence-corrected chi connectivity index (χ4v) is 3.41. The van der Waals surface area contributed by atoms with Gasteiger partial charge < -0.3 is 29.4 Å². The fraction of sp³-hybridized carbons (Fsp3) is 0.435. The van der Waals surface area contributed by atoms with Crippen molar-refractivity contribution >= 4 is 29.5 Å². The number of ether oxygens (including phenoxy) is 4. The summed E-state index contributed by atoms with van der Waals surface area (Å²) in [6.07, 6.45) is -6.67. The van der Waals surface area contributed by atoms with Gasteiger partial charge in [-0.2, -0.15) is 4.98 Å². The van der Waals surface area contributed by atoms with Gasteiger partial charge in [-0.15, -0.1) is 0 Å². The van der Waals surface area contributed by atoms with E-state index in [0.717, 1.165) is 10.8 Å². The van der Waals surface area contributed by atoms with Crippen LogP contribution in [0.3, 0.4) is 0 Å². The van der Waals surface area contributed by atoms with Crippen molar-refractivity contribution in [2.45, 2.75) is 37.4 Å². The number of benzene rings is 1. The summed E-state index contributed by atoms with van der Waals surface area (Å²) < 4.78 is 36.1. The fourth-order valence-electron chi connectivity index (χ4n) is 3.41. The molecule has 1 unspecified atom stereocenters. The van der Waals surface area contributed by atoms with Crippen molar-refractivity contribution in [2.24, 2.45) is 0 Å². The first kappa shape index (κ1) is 27.7. The number of hydrogen-bond donors (Lipinski definition) is 3. The first-order valence-corrected chi connectivity index (χ1v) is 11.3. The van der Waals surface area contributed by atoms with E-state index in [1.165, 1.54) is 13.2 Å². The molecule has 0 bridgehead atoms. The molecule has 1 saturated heterocycles. The molecule has 200 valence electrons. The number of hydrogen-bond acceptors (Lipinski definition) is 10. The van der Waals surface area contributed by atoms with E-state index in [4.69, 9.17) is 18.9 Å². The minimum atomic E-state index is -2.03. The molecule has 3 rings (SSSR count). The average Bonchev–Trinajstić information content (AvgIpc) is 3.18. The number of alkyl halides is 1. The van der Waals surface area contributed by atoms with Gasteiger partial charge in [-0.05, 0) is 18.2 Å². The predicted molar refractivity (Wildman–Crippen MR) is 125 cm³/mol. The van der Waals surface area contributed by atoms with Crippen LogP contribution in [0.1, 0.15) is 19.1 Å². The smallest absolute Gasteiger partial charge is 0.412 e. The van der Waals surface area contributed by atoms with Gasteiger partial charge in [-0.3, -0.25) is 19.5 Å². The quantitative estimate of drug-likeness (QED) is 0.286. The number of carbonyl (C=O) groups is 3. The Balaban J connectivity index is 1.57. The third kappa shape index (κ3) is 7.80. The molecule has 0 aliphatic carbocycles. The van der Waals surface area contributed by atoms with Gasteiger partial charge in [0.1, 0.15) is 18.5 Å². The summed E-state index contributed by atoms with van der Waals surface area (Å²) in [5, 5.41) is 14.5. The van der Waals surface area contributed by atoms with Crippen LogP contribution in [-0.4, -0.2) is 77.9 Å². The molecule has 1 aliphatic heterocycles. The molecule has 1 aliphatic rings. The molecule has 2 heterocycles. The van der Waals surface area contributed by atoms with Gasteiger partial charge in [-0.1, -0.05) is 18.2 Å². The molecule has 0 spiro atoms. The maximum absolute atomic E-state index is 15.2. The van der Waals surface area contributed by atoms with Crippen LogP contribution in [0.2, 0.25) is 0 Å². The highest BCUT2D eigenvalue weighted by Crippen LogP contribution is 2.33. The molecule has 3 N–H and O–H groups in total. The Morgan fingerprint density at radius 2 is 1.89 bits per heavy atom. The van der Waals surface area contributed by atoms with Crippen LogP contribution in [0.4, 0.5) is 20.7 Å². The Hall–Kier alpha value is -3.88. The molecule has 4 atom stereocenters. The van der Waals surface area contributed by atoms with Crippen molar-refractivity contribution in [3.63, 3.8) is 0 Å². The lowest BCUT2D eigenvalue weighted by Gasteiger charge is -2.18. The molecular weight excluding hydrogens is 495 g/mol. The Morgan fingerprint density at radius 1 is 1.14 bits per heavy atom. The topological polar surface area (TPSA) is 167 Å². The number of anilines is 2. The van der Waals surface area contributed by atoms with E-state index in [9.17, 15) is 24.3 Å². The lowest BCUT2D eigenvalue weighted by molar-refractivity contribution is -0.155.